The molecule has 0 bridgehead atoms. The zero-order valence-electron chi connectivity index (χ0n) is 11.1. The van der Waals surface area contributed by atoms with Crippen molar-refractivity contribution in [3.05, 3.63) is 23.8 Å². The minimum absolute atomic E-state index is 0.00361. The van der Waals surface area contributed by atoms with Crippen LogP contribution in [0.15, 0.2) is 18.2 Å². The van der Waals surface area contributed by atoms with Crippen LogP contribution in [0.25, 0.3) is 0 Å². The van der Waals surface area contributed by atoms with Crippen molar-refractivity contribution in [2.75, 3.05) is 20.1 Å². The Kier molecular flexibility index (Phi) is 4.09. The minimum Gasteiger partial charge on any atom is -0.507 e. The quantitative estimate of drug-likeness (QED) is 0.766. The Morgan fingerprint density at radius 3 is 2.56 bits per heavy atom. The average molecular weight is 250 g/mol. The van der Waals surface area contributed by atoms with Gasteiger partial charge in [0.25, 0.3) is 0 Å². The van der Waals surface area contributed by atoms with E-state index in [0.29, 0.717) is 11.6 Å². The number of aromatic hydroxyl groups is 2. The van der Waals surface area contributed by atoms with Crippen LogP contribution >= 0.6 is 0 Å². The Hall–Kier alpha value is -1.26. The molecule has 18 heavy (non-hydrogen) atoms. The van der Waals surface area contributed by atoms with Crippen LogP contribution in [0, 0.1) is 0 Å². The Labute approximate surface area is 108 Å². The van der Waals surface area contributed by atoms with Gasteiger partial charge in [0, 0.05) is 18.6 Å². The fourth-order valence-corrected chi connectivity index (χ4v) is 2.67. The van der Waals surface area contributed by atoms with Gasteiger partial charge in [0.15, 0.2) is 0 Å². The number of likely N-dealkylation sites (N-methyl/N-ethyl adjacent to an activating group) is 1. The molecule has 1 aromatic rings. The molecule has 1 aliphatic heterocycles. The Bertz CT molecular complexity index is 383. The molecule has 2 atom stereocenters. The fraction of sp³-hybridized carbons (Fsp3) is 0.571. The largest absolute Gasteiger partial charge is 0.507 e. The Morgan fingerprint density at radius 2 is 2.00 bits per heavy atom. The summed E-state index contributed by atoms with van der Waals surface area (Å²) in [4.78, 5) is 2.22. The molecule has 1 heterocycles. The predicted octanol–water partition coefficient (Wildman–Crippen LogP) is 1.84. The highest BCUT2D eigenvalue weighted by Gasteiger charge is 2.25. The van der Waals surface area contributed by atoms with Crippen molar-refractivity contribution in [1.29, 1.82) is 0 Å². The van der Waals surface area contributed by atoms with Gasteiger partial charge < -0.3 is 15.5 Å². The maximum Gasteiger partial charge on any atom is 0.124 e. The molecule has 0 spiro atoms. The molecular weight excluding hydrogens is 228 g/mol. The molecule has 4 heteroatoms. The molecule has 2 rings (SSSR count). The van der Waals surface area contributed by atoms with E-state index in [0.717, 1.165) is 19.5 Å². The predicted molar refractivity (Wildman–Crippen MR) is 71.8 cm³/mol. The van der Waals surface area contributed by atoms with Gasteiger partial charge in [-0.2, -0.15) is 0 Å². The number of hydrogen-bond acceptors (Lipinski definition) is 4. The van der Waals surface area contributed by atoms with Crippen molar-refractivity contribution in [2.45, 2.75) is 31.8 Å². The zero-order chi connectivity index (χ0) is 13.1. The summed E-state index contributed by atoms with van der Waals surface area (Å²) in [7, 11) is 2.05. The third kappa shape index (κ3) is 2.60. The van der Waals surface area contributed by atoms with Gasteiger partial charge in [0.2, 0.25) is 0 Å². The second kappa shape index (κ2) is 5.59. The molecule has 0 radical (unpaired) electrons. The van der Waals surface area contributed by atoms with Crippen LogP contribution in [0.1, 0.15) is 31.4 Å². The second-order valence-electron chi connectivity index (χ2n) is 5.05. The van der Waals surface area contributed by atoms with Gasteiger partial charge in [-0.1, -0.05) is 6.07 Å². The van der Waals surface area contributed by atoms with Crippen LogP contribution in [0.2, 0.25) is 0 Å². The van der Waals surface area contributed by atoms with Gasteiger partial charge in [0.05, 0.1) is 5.56 Å². The fourth-order valence-electron chi connectivity index (χ4n) is 2.67. The molecule has 0 saturated carbocycles. The molecule has 1 aromatic carbocycles. The number of nitrogens with zero attached hydrogens (tertiary/aromatic N) is 1. The van der Waals surface area contributed by atoms with Crippen LogP contribution in [0.4, 0.5) is 0 Å². The summed E-state index contributed by atoms with van der Waals surface area (Å²) in [5, 5.41) is 23.2. The van der Waals surface area contributed by atoms with E-state index >= 15 is 0 Å². The Morgan fingerprint density at radius 1 is 1.33 bits per heavy atom. The highest BCUT2D eigenvalue weighted by molar-refractivity contribution is 5.45. The number of phenols is 2. The lowest BCUT2D eigenvalue weighted by molar-refractivity contribution is 0.152. The maximum atomic E-state index is 9.91. The lowest BCUT2D eigenvalue weighted by Gasteiger charge is -2.36. The summed E-state index contributed by atoms with van der Waals surface area (Å²) < 4.78 is 0. The smallest absolute Gasteiger partial charge is 0.124 e. The summed E-state index contributed by atoms with van der Waals surface area (Å²) in [5.74, 6) is 0.330. The molecular formula is C14H22N2O2. The molecule has 3 N–H and O–H groups in total. The number of piperidine rings is 1. The van der Waals surface area contributed by atoms with Crippen molar-refractivity contribution < 1.29 is 10.2 Å². The topological polar surface area (TPSA) is 55.7 Å². The third-order valence-electron chi connectivity index (χ3n) is 3.94. The maximum absolute atomic E-state index is 9.91. The molecule has 2 unspecified atom stereocenters. The summed E-state index contributed by atoms with van der Waals surface area (Å²) in [5.41, 5.74) is 0.616. The molecule has 1 aliphatic rings. The number of phenolic OH excluding ortho intramolecular Hbond substituents is 2. The van der Waals surface area contributed by atoms with E-state index in [1.165, 1.54) is 6.42 Å². The average Bonchev–Trinajstić information content (AvgIpc) is 2.38. The second-order valence-corrected chi connectivity index (χ2v) is 5.05. The van der Waals surface area contributed by atoms with Crippen molar-refractivity contribution in [3.8, 4) is 11.5 Å². The lowest BCUT2D eigenvalue weighted by atomic mass is 10.00. The van der Waals surface area contributed by atoms with Crippen LogP contribution in [0.3, 0.4) is 0 Å². The van der Waals surface area contributed by atoms with Crippen LogP contribution in [-0.4, -0.2) is 41.3 Å². The number of hydrogen-bond donors (Lipinski definition) is 3. The van der Waals surface area contributed by atoms with Crippen LogP contribution in [-0.2, 0) is 0 Å². The van der Waals surface area contributed by atoms with Gasteiger partial charge >= 0.3 is 0 Å². The van der Waals surface area contributed by atoms with Gasteiger partial charge in [0.1, 0.15) is 11.5 Å². The summed E-state index contributed by atoms with van der Waals surface area (Å²) in [6.07, 6.45) is 2.33. The molecule has 0 aromatic heterocycles. The van der Waals surface area contributed by atoms with Crippen molar-refractivity contribution >= 4 is 0 Å². The first kappa shape index (κ1) is 13.2. The van der Waals surface area contributed by atoms with E-state index in [2.05, 4.69) is 10.2 Å². The van der Waals surface area contributed by atoms with Gasteiger partial charge in [-0.05, 0) is 45.5 Å². The highest BCUT2D eigenvalue weighted by Crippen LogP contribution is 2.36. The molecule has 0 amide bonds. The van der Waals surface area contributed by atoms with E-state index in [4.69, 9.17) is 0 Å². The Balaban J connectivity index is 2.16. The lowest BCUT2D eigenvalue weighted by Crippen LogP contribution is -2.45. The van der Waals surface area contributed by atoms with Crippen LogP contribution < -0.4 is 5.32 Å². The minimum atomic E-state index is -0.00361. The van der Waals surface area contributed by atoms with Gasteiger partial charge in [-0.25, -0.2) is 0 Å². The van der Waals surface area contributed by atoms with Crippen molar-refractivity contribution in [3.63, 3.8) is 0 Å². The van der Waals surface area contributed by atoms with Gasteiger partial charge in [-0.15, -0.1) is 0 Å². The monoisotopic (exact) mass is 250 g/mol. The highest BCUT2D eigenvalue weighted by atomic mass is 16.3. The van der Waals surface area contributed by atoms with Crippen molar-refractivity contribution in [2.24, 2.45) is 0 Å². The summed E-state index contributed by atoms with van der Waals surface area (Å²) in [6, 6.07) is 5.35. The molecule has 100 valence electrons. The first-order valence-corrected chi connectivity index (χ1v) is 6.54. The summed E-state index contributed by atoms with van der Waals surface area (Å²) >= 11 is 0. The third-order valence-corrected chi connectivity index (χ3v) is 3.94. The van der Waals surface area contributed by atoms with Crippen LogP contribution in [0.5, 0.6) is 11.5 Å². The number of nitrogens with one attached hydrogen (secondary N) is 1. The van der Waals surface area contributed by atoms with E-state index in [1.807, 2.05) is 14.0 Å². The first-order valence-electron chi connectivity index (χ1n) is 6.54. The van der Waals surface area contributed by atoms with Gasteiger partial charge in [-0.3, -0.25) is 4.90 Å². The van der Waals surface area contributed by atoms with E-state index < -0.39 is 0 Å². The molecule has 1 saturated heterocycles. The molecule has 1 fully saturated rings. The zero-order valence-corrected chi connectivity index (χ0v) is 11.1. The van der Waals surface area contributed by atoms with E-state index in [1.54, 1.807) is 18.2 Å². The normalized spacial score (nSPS) is 22.1. The summed E-state index contributed by atoms with van der Waals surface area (Å²) in [6.45, 7) is 4.07. The molecule has 4 nitrogen and oxygen atoms in total. The van der Waals surface area contributed by atoms with E-state index in [9.17, 15) is 10.2 Å². The molecule has 0 aliphatic carbocycles. The van der Waals surface area contributed by atoms with E-state index in [-0.39, 0.29) is 17.5 Å². The number of rotatable bonds is 3. The standard InChI is InChI=1S/C14H22N2O2/c1-10(14-12(17)6-3-7-13(14)18)16(2)11-5-4-8-15-9-11/h3,6-7,10-11,15,17-18H,4-5,8-9H2,1-2H3. The van der Waals surface area contributed by atoms with Crippen molar-refractivity contribution in [1.82, 2.24) is 10.2 Å². The first-order chi connectivity index (χ1) is 8.61. The SMILES string of the molecule is CC(c1c(O)cccc1O)N(C)C1CCCNC1. The number of benzene rings is 1.